The molecule has 0 atom stereocenters. The van der Waals surface area contributed by atoms with Crippen LogP contribution in [-0.2, 0) is 4.79 Å². The highest BCUT2D eigenvalue weighted by atomic mass is 35.5. The van der Waals surface area contributed by atoms with Gasteiger partial charge in [0, 0.05) is 10.0 Å². The first-order valence-electron chi connectivity index (χ1n) is 5.80. The number of carbonyl (C=O) groups excluding carboxylic acids is 1. The average molecular weight is 291 g/mol. The van der Waals surface area contributed by atoms with Crippen LogP contribution in [0.3, 0.4) is 0 Å². The van der Waals surface area contributed by atoms with Crippen LogP contribution < -0.4 is 0 Å². The lowest BCUT2D eigenvalue weighted by Gasteiger charge is -2.08. The van der Waals surface area contributed by atoms with Gasteiger partial charge in [-0.05, 0) is 54.0 Å². The summed E-state index contributed by atoms with van der Waals surface area (Å²) in [6.45, 7) is 1.53. The van der Waals surface area contributed by atoms with E-state index in [1.165, 1.54) is 6.92 Å². The summed E-state index contributed by atoms with van der Waals surface area (Å²) < 4.78 is 0. The van der Waals surface area contributed by atoms with Gasteiger partial charge < -0.3 is 0 Å². The highest BCUT2D eigenvalue weighted by Gasteiger charge is 2.06. The topological polar surface area (TPSA) is 17.1 Å². The fourth-order valence-corrected chi connectivity index (χ4v) is 2.05. The van der Waals surface area contributed by atoms with Crippen LogP contribution in [0.15, 0.2) is 54.6 Å². The number of benzene rings is 2. The lowest BCUT2D eigenvalue weighted by atomic mass is 9.97. The van der Waals surface area contributed by atoms with E-state index in [0.29, 0.717) is 10.0 Å². The van der Waals surface area contributed by atoms with Crippen molar-refractivity contribution in [3.63, 3.8) is 0 Å². The normalized spacial score (nSPS) is 10.1. The molecule has 0 aliphatic carbocycles. The van der Waals surface area contributed by atoms with Crippen molar-refractivity contribution >= 4 is 34.6 Å². The minimum atomic E-state index is -0.0000926. The fourth-order valence-electron chi connectivity index (χ4n) is 1.80. The molecule has 96 valence electrons. The van der Waals surface area contributed by atoms with Crippen LogP contribution in [0, 0.1) is 0 Å². The molecule has 1 nitrogen and oxygen atoms in total. The number of hydrogen-bond donors (Lipinski definition) is 0. The second-order valence-electron chi connectivity index (χ2n) is 4.18. The van der Waals surface area contributed by atoms with Gasteiger partial charge in [-0.2, -0.15) is 0 Å². The number of hydrogen-bond acceptors (Lipinski definition) is 1. The quantitative estimate of drug-likeness (QED) is 0.726. The van der Waals surface area contributed by atoms with Crippen molar-refractivity contribution in [3.05, 3.63) is 75.8 Å². The molecule has 0 unspecified atom stereocenters. The Morgan fingerprint density at radius 1 is 0.842 bits per heavy atom. The van der Waals surface area contributed by atoms with E-state index in [1.807, 2.05) is 24.3 Å². The molecule has 0 aliphatic rings. The molecule has 0 aliphatic heterocycles. The van der Waals surface area contributed by atoms with Crippen LogP contribution in [-0.4, -0.2) is 5.78 Å². The zero-order valence-corrected chi connectivity index (χ0v) is 11.9. The number of allylic oxidation sites excluding steroid dienone is 1. The van der Waals surface area contributed by atoms with E-state index in [2.05, 4.69) is 0 Å². The first-order chi connectivity index (χ1) is 9.06. The molecule has 0 heterocycles. The average Bonchev–Trinajstić information content (AvgIpc) is 2.38. The second kappa shape index (κ2) is 6.05. The van der Waals surface area contributed by atoms with E-state index in [-0.39, 0.29) is 5.78 Å². The van der Waals surface area contributed by atoms with Crippen molar-refractivity contribution in [2.24, 2.45) is 0 Å². The third kappa shape index (κ3) is 3.69. The van der Waals surface area contributed by atoms with E-state index in [1.54, 1.807) is 30.3 Å². The molecule has 0 saturated heterocycles. The summed E-state index contributed by atoms with van der Waals surface area (Å²) in [6.07, 6.45) is 1.62. The highest BCUT2D eigenvalue weighted by molar-refractivity contribution is 6.31. The van der Waals surface area contributed by atoms with E-state index >= 15 is 0 Å². The molecule has 0 N–H and O–H groups in total. The Labute approximate surface area is 122 Å². The Balaban J connectivity index is 2.50. The molecule has 0 saturated carbocycles. The zero-order valence-electron chi connectivity index (χ0n) is 10.4. The molecule has 2 rings (SSSR count). The third-order valence-corrected chi connectivity index (χ3v) is 3.16. The Morgan fingerprint density at radius 3 is 1.53 bits per heavy atom. The summed E-state index contributed by atoms with van der Waals surface area (Å²) >= 11 is 11.8. The summed E-state index contributed by atoms with van der Waals surface area (Å²) in [4.78, 5) is 11.4. The molecule has 0 amide bonds. The van der Waals surface area contributed by atoms with Gasteiger partial charge in [-0.25, -0.2) is 0 Å². The maximum Gasteiger partial charge on any atom is 0.153 e. The summed E-state index contributed by atoms with van der Waals surface area (Å²) in [7, 11) is 0. The first-order valence-corrected chi connectivity index (χ1v) is 6.56. The minimum Gasteiger partial charge on any atom is -0.295 e. The Morgan fingerprint density at radius 2 is 1.21 bits per heavy atom. The van der Waals surface area contributed by atoms with E-state index in [9.17, 15) is 4.79 Å². The van der Waals surface area contributed by atoms with E-state index in [0.717, 1.165) is 16.7 Å². The molecule has 0 bridgehead atoms. The lowest BCUT2D eigenvalue weighted by Crippen LogP contribution is -1.92. The smallest absolute Gasteiger partial charge is 0.153 e. The van der Waals surface area contributed by atoms with Crippen molar-refractivity contribution in [1.82, 2.24) is 0 Å². The molecule has 0 aromatic heterocycles. The van der Waals surface area contributed by atoms with Crippen molar-refractivity contribution in [2.45, 2.75) is 6.92 Å². The number of halogens is 2. The molecule has 0 radical (unpaired) electrons. The van der Waals surface area contributed by atoms with Gasteiger partial charge in [-0.1, -0.05) is 47.5 Å². The van der Waals surface area contributed by atoms with E-state index < -0.39 is 0 Å². The largest absolute Gasteiger partial charge is 0.295 e. The molecule has 0 fully saturated rings. The highest BCUT2D eigenvalue weighted by Crippen LogP contribution is 2.26. The summed E-state index contributed by atoms with van der Waals surface area (Å²) in [5.74, 6) is -0.0000926. The van der Waals surface area contributed by atoms with Crippen LogP contribution >= 0.6 is 23.2 Å². The maximum absolute atomic E-state index is 11.4. The second-order valence-corrected chi connectivity index (χ2v) is 5.06. The SMILES string of the molecule is CC(=O)C=C(c1ccc(Cl)cc1)c1ccc(Cl)cc1. The molecule has 19 heavy (non-hydrogen) atoms. The van der Waals surface area contributed by atoms with Gasteiger partial charge in [-0.15, -0.1) is 0 Å². The predicted molar refractivity (Wildman–Crippen MR) is 80.7 cm³/mol. The Hall–Kier alpha value is -1.57. The van der Waals surface area contributed by atoms with Crippen LogP contribution in [0.5, 0.6) is 0 Å². The van der Waals surface area contributed by atoms with Crippen molar-refractivity contribution in [1.29, 1.82) is 0 Å². The first kappa shape index (κ1) is 13.9. The predicted octanol–water partition coefficient (Wildman–Crippen LogP) is 5.01. The van der Waals surface area contributed by atoms with Crippen LogP contribution in [0.1, 0.15) is 18.1 Å². The van der Waals surface area contributed by atoms with Gasteiger partial charge in [0.05, 0.1) is 0 Å². The van der Waals surface area contributed by atoms with Crippen LogP contribution in [0.4, 0.5) is 0 Å². The number of rotatable bonds is 3. The van der Waals surface area contributed by atoms with Crippen molar-refractivity contribution in [3.8, 4) is 0 Å². The molecule has 0 spiro atoms. The Bertz CT molecular complexity index is 563. The van der Waals surface area contributed by atoms with Crippen molar-refractivity contribution < 1.29 is 4.79 Å². The molecule has 2 aromatic rings. The van der Waals surface area contributed by atoms with Gasteiger partial charge in [0.15, 0.2) is 5.78 Å². The van der Waals surface area contributed by atoms with Crippen LogP contribution in [0.2, 0.25) is 10.0 Å². The summed E-state index contributed by atoms with van der Waals surface area (Å²) in [6, 6.07) is 14.8. The van der Waals surface area contributed by atoms with E-state index in [4.69, 9.17) is 23.2 Å². The van der Waals surface area contributed by atoms with Gasteiger partial charge in [0.2, 0.25) is 0 Å². The van der Waals surface area contributed by atoms with Gasteiger partial charge in [0.25, 0.3) is 0 Å². The van der Waals surface area contributed by atoms with Crippen molar-refractivity contribution in [2.75, 3.05) is 0 Å². The summed E-state index contributed by atoms with van der Waals surface area (Å²) in [5, 5.41) is 1.34. The molecular weight excluding hydrogens is 279 g/mol. The minimum absolute atomic E-state index is 0.0000926. The molecular formula is C16H12Cl2O. The number of ketones is 1. The third-order valence-electron chi connectivity index (χ3n) is 2.66. The standard InChI is InChI=1S/C16H12Cl2O/c1-11(19)10-16(12-2-6-14(17)7-3-12)13-4-8-15(18)9-5-13/h2-10H,1H3. The monoisotopic (exact) mass is 290 g/mol. The maximum atomic E-state index is 11.4. The molecule has 3 heteroatoms. The Kier molecular flexibility index (Phi) is 4.41. The van der Waals surface area contributed by atoms with Crippen LogP contribution in [0.25, 0.3) is 5.57 Å². The van der Waals surface area contributed by atoms with Gasteiger partial charge >= 0.3 is 0 Å². The number of carbonyl (C=O) groups is 1. The van der Waals surface area contributed by atoms with Gasteiger partial charge in [-0.3, -0.25) is 4.79 Å². The van der Waals surface area contributed by atoms with Gasteiger partial charge in [0.1, 0.15) is 0 Å². The zero-order chi connectivity index (χ0) is 13.8. The lowest BCUT2D eigenvalue weighted by molar-refractivity contribution is -0.112. The summed E-state index contributed by atoms with van der Waals surface area (Å²) in [5.41, 5.74) is 2.75. The molecule has 2 aromatic carbocycles. The fraction of sp³-hybridized carbons (Fsp3) is 0.0625.